The van der Waals surface area contributed by atoms with Crippen molar-refractivity contribution >= 4 is 27.8 Å². The molecule has 0 saturated carbocycles. The molecule has 1 fully saturated rings. The number of benzene rings is 1. The topological polar surface area (TPSA) is 112 Å². The van der Waals surface area contributed by atoms with E-state index < -0.39 is 33.7 Å². The van der Waals surface area contributed by atoms with Crippen LogP contribution in [0.2, 0.25) is 0 Å². The molecule has 0 aliphatic carbocycles. The van der Waals surface area contributed by atoms with Crippen molar-refractivity contribution in [3.8, 4) is 0 Å². The minimum atomic E-state index is -3.94. The zero-order chi connectivity index (χ0) is 18.4. The fraction of sp³-hybridized carbons (Fsp3) is 0.438. The molecule has 3 rings (SSSR count). The lowest BCUT2D eigenvalue weighted by Crippen LogP contribution is -2.42. The van der Waals surface area contributed by atoms with Crippen molar-refractivity contribution in [3.05, 3.63) is 29.3 Å². The van der Waals surface area contributed by atoms with Gasteiger partial charge in [0.2, 0.25) is 0 Å². The Labute approximate surface area is 145 Å². The van der Waals surface area contributed by atoms with Crippen molar-refractivity contribution in [2.45, 2.75) is 24.7 Å². The number of rotatable bonds is 3. The molecular formula is C16H18N2O6S. The number of nitrogens with zero attached hydrogens (tertiary/aromatic N) is 2. The van der Waals surface area contributed by atoms with E-state index in [1.54, 1.807) is 6.92 Å². The Hall–Kier alpha value is -2.42. The van der Waals surface area contributed by atoms with Gasteiger partial charge in [0.15, 0.2) is 0 Å². The molecular weight excluding hydrogens is 348 g/mol. The maximum absolute atomic E-state index is 12.7. The fourth-order valence-corrected chi connectivity index (χ4v) is 4.87. The van der Waals surface area contributed by atoms with Crippen LogP contribution in [-0.2, 0) is 14.8 Å². The molecule has 1 saturated heterocycles. The number of fused-ring (bicyclic) bond motifs is 1. The molecule has 9 heteroatoms. The zero-order valence-corrected chi connectivity index (χ0v) is 14.5. The van der Waals surface area contributed by atoms with Crippen LogP contribution in [0.1, 0.15) is 40.5 Å². The maximum atomic E-state index is 12.7. The molecule has 134 valence electrons. The summed E-state index contributed by atoms with van der Waals surface area (Å²) in [6.07, 6.45) is 1.09. The van der Waals surface area contributed by atoms with Gasteiger partial charge in [0.1, 0.15) is 4.90 Å². The van der Waals surface area contributed by atoms with Gasteiger partial charge in [0.25, 0.3) is 21.8 Å². The predicted octanol–water partition coefficient (Wildman–Crippen LogP) is 0.788. The molecule has 2 aliphatic heterocycles. The summed E-state index contributed by atoms with van der Waals surface area (Å²) in [5, 5.41) is 9.13. The molecule has 1 aromatic rings. The summed E-state index contributed by atoms with van der Waals surface area (Å²) in [5.74, 6) is -2.59. The molecule has 0 aromatic heterocycles. The van der Waals surface area contributed by atoms with Gasteiger partial charge >= 0.3 is 5.97 Å². The van der Waals surface area contributed by atoms with Crippen molar-refractivity contribution < 1.29 is 27.9 Å². The Morgan fingerprint density at radius 1 is 1.32 bits per heavy atom. The first-order valence-electron chi connectivity index (χ1n) is 8.00. The van der Waals surface area contributed by atoms with Crippen LogP contribution in [0.15, 0.2) is 23.1 Å². The second-order valence-electron chi connectivity index (χ2n) is 6.11. The number of aliphatic carboxylic acids is 1. The summed E-state index contributed by atoms with van der Waals surface area (Å²) in [6, 6.07) is 3.97. The highest BCUT2D eigenvalue weighted by atomic mass is 32.2. The van der Waals surface area contributed by atoms with E-state index in [4.69, 9.17) is 5.11 Å². The Bertz CT molecular complexity index is 863. The van der Waals surface area contributed by atoms with Crippen LogP contribution in [0, 0.1) is 5.92 Å². The van der Waals surface area contributed by atoms with Gasteiger partial charge in [0, 0.05) is 25.2 Å². The van der Waals surface area contributed by atoms with Crippen LogP contribution >= 0.6 is 0 Å². The number of hydrogen-bond acceptors (Lipinski definition) is 5. The number of carbonyl (C=O) groups is 3. The lowest BCUT2D eigenvalue weighted by atomic mass is 9.97. The Morgan fingerprint density at radius 3 is 2.68 bits per heavy atom. The summed E-state index contributed by atoms with van der Waals surface area (Å²) >= 11 is 0. The van der Waals surface area contributed by atoms with E-state index >= 15 is 0 Å². The molecule has 1 N–H and O–H groups in total. The molecule has 1 aromatic carbocycles. The number of carboxylic acids is 1. The van der Waals surface area contributed by atoms with E-state index in [1.165, 1.54) is 23.1 Å². The van der Waals surface area contributed by atoms with Gasteiger partial charge in [0.05, 0.1) is 11.5 Å². The van der Waals surface area contributed by atoms with Crippen LogP contribution in [0.3, 0.4) is 0 Å². The van der Waals surface area contributed by atoms with Crippen LogP contribution < -0.4 is 0 Å². The Balaban J connectivity index is 1.92. The molecule has 0 radical (unpaired) electrons. The summed E-state index contributed by atoms with van der Waals surface area (Å²) in [4.78, 5) is 37.2. The largest absolute Gasteiger partial charge is 0.481 e. The third-order valence-electron chi connectivity index (χ3n) is 4.60. The second kappa shape index (κ2) is 6.14. The number of carboxylic acid groups (broad SMARTS) is 1. The molecule has 2 amide bonds. The number of sulfonamides is 1. The minimum absolute atomic E-state index is 0.0194. The van der Waals surface area contributed by atoms with Crippen LogP contribution in [0.25, 0.3) is 0 Å². The van der Waals surface area contributed by atoms with Crippen LogP contribution in [0.4, 0.5) is 0 Å². The summed E-state index contributed by atoms with van der Waals surface area (Å²) < 4.78 is 25.6. The lowest BCUT2D eigenvalue weighted by molar-refractivity contribution is -0.143. The number of amides is 2. The average Bonchev–Trinajstić information content (AvgIpc) is 2.79. The Kier molecular flexibility index (Phi) is 4.28. The quantitative estimate of drug-likeness (QED) is 0.846. The van der Waals surface area contributed by atoms with E-state index in [1.807, 2.05) is 0 Å². The standard InChI is InChI=1S/C16H18N2O6S/c1-2-18-15(20)12-6-5-10(8-13(12)25(18,23)24)14(19)17-7-3-4-11(9-17)16(21)22/h5-6,8,11H,2-4,7,9H2,1H3,(H,21,22)/t11-/m0/s1. The van der Waals surface area contributed by atoms with E-state index in [-0.39, 0.29) is 29.1 Å². The molecule has 8 nitrogen and oxygen atoms in total. The van der Waals surface area contributed by atoms with Gasteiger partial charge in [-0.3, -0.25) is 14.4 Å². The monoisotopic (exact) mass is 366 g/mol. The van der Waals surface area contributed by atoms with Crippen molar-refractivity contribution in [1.29, 1.82) is 0 Å². The number of hydrogen-bond donors (Lipinski definition) is 1. The van der Waals surface area contributed by atoms with E-state index in [0.717, 1.165) is 4.31 Å². The van der Waals surface area contributed by atoms with Crippen LogP contribution in [-0.4, -0.2) is 60.1 Å². The van der Waals surface area contributed by atoms with Gasteiger partial charge in [-0.05, 0) is 38.0 Å². The van der Waals surface area contributed by atoms with Gasteiger partial charge in [-0.1, -0.05) is 0 Å². The smallest absolute Gasteiger partial charge is 0.308 e. The zero-order valence-electron chi connectivity index (χ0n) is 13.6. The van der Waals surface area contributed by atoms with E-state index in [0.29, 0.717) is 19.4 Å². The van der Waals surface area contributed by atoms with Gasteiger partial charge in [-0.2, -0.15) is 0 Å². The molecule has 2 heterocycles. The van der Waals surface area contributed by atoms with Crippen molar-refractivity contribution in [2.24, 2.45) is 5.92 Å². The molecule has 0 bridgehead atoms. The first-order chi connectivity index (χ1) is 11.8. The van der Waals surface area contributed by atoms with Gasteiger partial charge < -0.3 is 10.0 Å². The highest BCUT2D eigenvalue weighted by Crippen LogP contribution is 2.31. The first-order valence-corrected chi connectivity index (χ1v) is 9.44. The van der Waals surface area contributed by atoms with Crippen molar-refractivity contribution in [2.75, 3.05) is 19.6 Å². The second-order valence-corrected chi connectivity index (χ2v) is 7.95. The third kappa shape index (κ3) is 2.78. The summed E-state index contributed by atoms with van der Waals surface area (Å²) in [5.41, 5.74) is 0.194. The van der Waals surface area contributed by atoms with Gasteiger partial charge in [-0.15, -0.1) is 0 Å². The lowest BCUT2D eigenvalue weighted by Gasteiger charge is -2.30. The molecule has 1 atom stereocenters. The molecule has 2 aliphatic rings. The summed E-state index contributed by atoms with van der Waals surface area (Å²) in [6.45, 7) is 2.10. The number of carbonyl (C=O) groups excluding carboxylic acids is 2. The maximum Gasteiger partial charge on any atom is 0.308 e. The van der Waals surface area contributed by atoms with Crippen molar-refractivity contribution in [3.63, 3.8) is 0 Å². The van der Waals surface area contributed by atoms with E-state index in [2.05, 4.69) is 0 Å². The highest BCUT2D eigenvalue weighted by molar-refractivity contribution is 7.90. The van der Waals surface area contributed by atoms with Gasteiger partial charge in [-0.25, -0.2) is 12.7 Å². The molecule has 0 spiro atoms. The van der Waals surface area contributed by atoms with E-state index in [9.17, 15) is 22.8 Å². The average molecular weight is 366 g/mol. The number of piperidine rings is 1. The number of likely N-dealkylation sites (tertiary alicyclic amines) is 1. The Morgan fingerprint density at radius 2 is 2.04 bits per heavy atom. The predicted molar refractivity (Wildman–Crippen MR) is 86.6 cm³/mol. The molecule has 25 heavy (non-hydrogen) atoms. The first kappa shape index (κ1) is 17.4. The van der Waals surface area contributed by atoms with Crippen molar-refractivity contribution in [1.82, 2.24) is 9.21 Å². The normalized spacial score (nSPS) is 22.0. The highest BCUT2D eigenvalue weighted by Gasteiger charge is 2.41. The summed E-state index contributed by atoms with van der Waals surface area (Å²) in [7, 11) is -3.94. The van der Waals surface area contributed by atoms with Crippen LogP contribution in [0.5, 0.6) is 0 Å². The molecule has 0 unspecified atom stereocenters. The SMILES string of the molecule is CCN1C(=O)c2ccc(C(=O)N3CCC[C@H](C(=O)O)C3)cc2S1(=O)=O. The minimum Gasteiger partial charge on any atom is -0.481 e. The third-order valence-corrected chi connectivity index (χ3v) is 6.50. The fourth-order valence-electron chi connectivity index (χ4n) is 3.27.